The molecule has 0 spiro atoms. The fourth-order valence-electron chi connectivity index (χ4n) is 2.38. The van der Waals surface area contributed by atoms with Gasteiger partial charge >= 0.3 is 0 Å². The van der Waals surface area contributed by atoms with E-state index in [1.54, 1.807) is 0 Å². The second kappa shape index (κ2) is 7.23. The van der Waals surface area contributed by atoms with E-state index in [9.17, 15) is 9.18 Å². The lowest BCUT2D eigenvalue weighted by Gasteiger charge is -2.07. The topological polar surface area (TPSA) is 46.9 Å². The largest absolute Gasteiger partial charge is 0.323 e. The molecule has 0 saturated heterocycles. The van der Waals surface area contributed by atoms with Crippen molar-refractivity contribution in [2.24, 2.45) is 0 Å². The van der Waals surface area contributed by atoms with Crippen molar-refractivity contribution in [3.8, 4) is 0 Å². The predicted octanol–water partition coefficient (Wildman–Crippen LogP) is 4.58. The number of thioether (sulfide) groups is 1. The van der Waals surface area contributed by atoms with Crippen molar-refractivity contribution in [3.63, 3.8) is 0 Å². The summed E-state index contributed by atoms with van der Waals surface area (Å²) >= 11 is 7.02. The molecule has 0 saturated carbocycles. The number of fused-ring (bicyclic) bond motifs is 1. The molecule has 7 heteroatoms. The number of carbonyl (C=O) groups excluding carboxylic acids is 1. The number of halogens is 2. The summed E-state index contributed by atoms with van der Waals surface area (Å²) in [5, 5.41) is 3.61. The van der Waals surface area contributed by atoms with E-state index in [-0.39, 0.29) is 22.4 Å². The average Bonchev–Trinajstić information content (AvgIpc) is 2.93. The molecular weight excluding hydrogens is 349 g/mol. The fraction of sp³-hybridized carbons (Fsp3) is 0.176. The molecule has 0 aliphatic carbocycles. The number of aromatic nitrogens is 2. The molecule has 0 atom stereocenters. The molecule has 1 amide bonds. The number of nitrogens with one attached hydrogen (secondary N) is 1. The molecule has 1 heterocycles. The highest BCUT2D eigenvalue weighted by atomic mass is 35.5. The summed E-state index contributed by atoms with van der Waals surface area (Å²) in [7, 11) is 0. The lowest BCUT2D eigenvalue weighted by Crippen LogP contribution is -2.15. The highest BCUT2D eigenvalue weighted by molar-refractivity contribution is 7.99. The van der Waals surface area contributed by atoms with Gasteiger partial charge in [-0.3, -0.25) is 4.79 Å². The number of benzene rings is 2. The zero-order valence-corrected chi connectivity index (χ0v) is 14.5. The maximum atomic E-state index is 13.7. The van der Waals surface area contributed by atoms with Crippen LogP contribution in [0.15, 0.2) is 47.6 Å². The Labute approximate surface area is 148 Å². The van der Waals surface area contributed by atoms with E-state index in [2.05, 4.69) is 14.9 Å². The van der Waals surface area contributed by atoms with Gasteiger partial charge in [-0.25, -0.2) is 9.37 Å². The maximum Gasteiger partial charge on any atom is 0.234 e. The molecule has 0 fully saturated rings. The van der Waals surface area contributed by atoms with Crippen LogP contribution in [-0.4, -0.2) is 21.2 Å². The van der Waals surface area contributed by atoms with Crippen molar-refractivity contribution < 1.29 is 9.18 Å². The van der Waals surface area contributed by atoms with Gasteiger partial charge < -0.3 is 9.88 Å². The number of rotatable bonds is 5. The van der Waals surface area contributed by atoms with Gasteiger partial charge in [-0.2, -0.15) is 0 Å². The maximum absolute atomic E-state index is 13.7. The van der Waals surface area contributed by atoms with Crippen LogP contribution in [0, 0.1) is 5.82 Å². The van der Waals surface area contributed by atoms with Crippen LogP contribution in [0.3, 0.4) is 0 Å². The van der Waals surface area contributed by atoms with E-state index in [1.807, 2.05) is 31.2 Å². The SMILES string of the molecule is CCn1c(SCC(=O)Nc2ccc(Cl)cc2F)nc2ccccc21. The van der Waals surface area contributed by atoms with E-state index in [1.165, 1.54) is 30.0 Å². The zero-order chi connectivity index (χ0) is 17.1. The molecule has 3 rings (SSSR count). The van der Waals surface area contributed by atoms with Gasteiger partial charge in [-0.15, -0.1) is 0 Å². The minimum atomic E-state index is -0.554. The van der Waals surface area contributed by atoms with Gasteiger partial charge in [0.05, 0.1) is 22.5 Å². The van der Waals surface area contributed by atoms with Crippen LogP contribution in [0.1, 0.15) is 6.92 Å². The zero-order valence-electron chi connectivity index (χ0n) is 12.9. The van der Waals surface area contributed by atoms with Crippen molar-refractivity contribution in [2.45, 2.75) is 18.6 Å². The van der Waals surface area contributed by atoms with E-state index in [0.717, 1.165) is 22.7 Å². The summed E-state index contributed by atoms with van der Waals surface area (Å²) < 4.78 is 15.8. The van der Waals surface area contributed by atoms with Gasteiger partial charge in [0.25, 0.3) is 0 Å². The normalized spacial score (nSPS) is 11.0. The first-order chi connectivity index (χ1) is 11.6. The fourth-order valence-corrected chi connectivity index (χ4v) is 3.41. The second-order valence-electron chi connectivity index (χ2n) is 5.09. The number of anilines is 1. The molecule has 0 radical (unpaired) electrons. The minimum absolute atomic E-state index is 0.119. The van der Waals surface area contributed by atoms with Crippen molar-refractivity contribution in [2.75, 3.05) is 11.1 Å². The summed E-state index contributed by atoms with van der Waals surface area (Å²) in [5.74, 6) is -0.705. The standard InChI is InChI=1S/C17H15ClFN3OS/c1-2-22-15-6-4-3-5-14(15)21-17(22)24-10-16(23)20-13-8-7-11(18)9-12(13)19/h3-9H,2,10H2,1H3,(H,20,23). The number of carbonyl (C=O) groups is 1. The average molecular weight is 364 g/mol. The molecule has 0 aliphatic heterocycles. The van der Waals surface area contributed by atoms with Crippen molar-refractivity contribution >= 4 is 46.0 Å². The first-order valence-corrected chi connectivity index (χ1v) is 8.78. The molecule has 4 nitrogen and oxygen atoms in total. The van der Waals surface area contributed by atoms with Crippen molar-refractivity contribution in [1.82, 2.24) is 9.55 Å². The first-order valence-electron chi connectivity index (χ1n) is 7.41. The Morgan fingerprint density at radius 1 is 1.33 bits per heavy atom. The Bertz CT molecular complexity index is 897. The number of nitrogens with zero attached hydrogens (tertiary/aromatic N) is 2. The molecule has 0 bridgehead atoms. The second-order valence-corrected chi connectivity index (χ2v) is 6.47. The molecular formula is C17H15ClFN3OS. The molecule has 2 aromatic carbocycles. The van der Waals surface area contributed by atoms with Gasteiger partial charge in [0, 0.05) is 11.6 Å². The molecule has 24 heavy (non-hydrogen) atoms. The van der Waals surface area contributed by atoms with Gasteiger partial charge in [0.15, 0.2) is 5.16 Å². The number of imidazole rings is 1. The monoisotopic (exact) mass is 363 g/mol. The third-order valence-electron chi connectivity index (χ3n) is 3.47. The summed E-state index contributed by atoms with van der Waals surface area (Å²) in [4.78, 5) is 16.6. The Morgan fingerprint density at radius 3 is 2.88 bits per heavy atom. The van der Waals surface area contributed by atoms with Crippen LogP contribution < -0.4 is 5.32 Å². The van der Waals surface area contributed by atoms with Crippen LogP contribution in [0.2, 0.25) is 5.02 Å². The number of amides is 1. The Balaban J connectivity index is 1.70. The van der Waals surface area contributed by atoms with E-state index in [4.69, 9.17) is 11.6 Å². The molecule has 3 aromatic rings. The van der Waals surface area contributed by atoms with E-state index < -0.39 is 5.82 Å². The third-order valence-corrected chi connectivity index (χ3v) is 4.68. The number of para-hydroxylation sites is 2. The Morgan fingerprint density at radius 2 is 2.12 bits per heavy atom. The molecule has 0 unspecified atom stereocenters. The van der Waals surface area contributed by atoms with Crippen LogP contribution in [0.5, 0.6) is 0 Å². The van der Waals surface area contributed by atoms with Crippen LogP contribution in [0.4, 0.5) is 10.1 Å². The highest BCUT2D eigenvalue weighted by Gasteiger charge is 2.13. The number of hydrogen-bond donors (Lipinski definition) is 1. The molecule has 1 N–H and O–H groups in total. The van der Waals surface area contributed by atoms with Crippen molar-refractivity contribution in [1.29, 1.82) is 0 Å². The van der Waals surface area contributed by atoms with Crippen LogP contribution >= 0.6 is 23.4 Å². The predicted molar refractivity (Wildman–Crippen MR) is 96.2 cm³/mol. The first kappa shape index (κ1) is 16.8. The summed E-state index contributed by atoms with van der Waals surface area (Å²) in [6, 6.07) is 12.0. The quantitative estimate of drug-likeness (QED) is 0.675. The highest BCUT2D eigenvalue weighted by Crippen LogP contribution is 2.24. The lowest BCUT2D eigenvalue weighted by molar-refractivity contribution is -0.113. The lowest BCUT2D eigenvalue weighted by atomic mass is 10.3. The summed E-state index contributed by atoms with van der Waals surface area (Å²) in [5.41, 5.74) is 2.05. The molecule has 0 aliphatic rings. The van der Waals surface area contributed by atoms with Crippen molar-refractivity contribution in [3.05, 3.63) is 53.3 Å². The molecule has 124 valence electrons. The summed E-state index contributed by atoms with van der Waals surface area (Å²) in [6.07, 6.45) is 0. The number of hydrogen-bond acceptors (Lipinski definition) is 3. The smallest absolute Gasteiger partial charge is 0.234 e. The molecule has 1 aromatic heterocycles. The van der Waals surface area contributed by atoms with Crippen LogP contribution in [-0.2, 0) is 11.3 Å². The third kappa shape index (κ3) is 3.55. The van der Waals surface area contributed by atoms with E-state index >= 15 is 0 Å². The minimum Gasteiger partial charge on any atom is -0.323 e. The van der Waals surface area contributed by atoms with Gasteiger partial charge in [0.1, 0.15) is 5.82 Å². The van der Waals surface area contributed by atoms with E-state index in [0.29, 0.717) is 0 Å². The summed E-state index contributed by atoms with van der Waals surface area (Å²) in [6.45, 7) is 2.79. The van der Waals surface area contributed by atoms with Gasteiger partial charge in [-0.1, -0.05) is 35.5 Å². The number of aryl methyl sites for hydroxylation is 1. The Hall–Kier alpha value is -2.05. The Kier molecular flexibility index (Phi) is 5.06. The van der Waals surface area contributed by atoms with Crippen LogP contribution in [0.25, 0.3) is 11.0 Å². The van der Waals surface area contributed by atoms with Gasteiger partial charge in [-0.05, 0) is 37.3 Å². The van der Waals surface area contributed by atoms with Gasteiger partial charge in [0.2, 0.25) is 5.91 Å².